The normalized spacial score (nSPS) is 10.1. The van der Waals surface area contributed by atoms with Crippen molar-refractivity contribution in [3.63, 3.8) is 0 Å². The predicted molar refractivity (Wildman–Crippen MR) is 74.6 cm³/mol. The van der Waals surface area contributed by atoms with E-state index >= 15 is 0 Å². The molecule has 0 radical (unpaired) electrons. The summed E-state index contributed by atoms with van der Waals surface area (Å²) < 4.78 is 19.2. The highest BCUT2D eigenvalue weighted by molar-refractivity contribution is 5.33. The van der Waals surface area contributed by atoms with E-state index < -0.39 is 5.82 Å². The van der Waals surface area contributed by atoms with E-state index in [-0.39, 0.29) is 6.61 Å². The number of nitriles is 1. The van der Waals surface area contributed by atoms with Gasteiger partial charge in [0.15, 0.2) is 0 Å². The van der Waals surface area contributed by atoms with E-state index in [1.54, 1.807) is 12.1 Å². The molecule has 0 atom stereocenters. The highest BCUT2D eigenvalue weighted by atomic mass is 19.1. The van der Waals surface area contributed by atoms with Crippen LogP contribution < -0.4 is 10.5 Å². The summed E-state index contributed by atoms with van der Waals surface area (Å²) in [5.74, 6) is 0.248. The van der Waals surface area contributed by atoms with Gasteiger partial charge in [0.2, 0.25) is 0 Å². The smallest absolute Gasteiger partial charge is 0.131 e. The fraction of sp³-hybridized carbons (Fsp3) is 0.188. The summed E-state index contributed by atoms with van der Waals surface area (Å²) in [6.07, 6.45) is 0.824. The second-order valence-corrected chi connectivity index (χ2v) is 4.39. The van der Waals surface area contributed by atoms with Crippen LogP contribution in [0, 0.1) is 17.1 Å². The molecule has 20 heavy (non-hydrogen) atoms. The summed E-state index contributed by atoms with van der Waals surface area (Å²) in [6, 6.07) is 13.8. The summed E-state index contributed by atoms with van der Waals surface area (Å²) in [4.78, 5) is 0. The maximum absolute atomic E-state index is 13.7. The van der Waals surface area contributed by atoms with Crippen LogP contribution in [0.5, 0.6) is 5.75 Å². The molecule has 0 amide bonds. The summed E-state index contributed by atoms with van der Waals surface area (Å²) in [6.45, 7) is 0.741. The van der Waals surface area contributed by atoms with Crippen molar-refractivity contribution < 1.29 is 9.13 Å². The minimum atomic E-state index is -0.427. The largest absolute Gasteiger partial charge is 0.489 e. The molecule has 0 unspecified atom stereocenters. The third-order valence-electron chi connectivity index (χ3n) is 2.93. The fourth-order valence-electron chi connectivity index (χ4n) is 1.81. The Morgan fingerprint density at radius 3 is 2.50 bits per heavy atom. The van der Waals surface area contributed by atoms with Crippen LogP contribution in [0.25, 0.3) is 0 Å². The highest BCUT2D eigenvalue weighted by Crippen LogP contribution is 2.16. The molecule has 0 saturated heterocycles. The summed E-state index contributed by atoms with van der Waals surface area (Å²) in [5, 5.41) is 8.67. The lowest BCUT2D eigenvalue weighted by molar-refractivity contribution is 0.300. The van der Waals surface area contributed by atoms with E-state index in [4.69, 9.17) is 15.7 Å². The molecule has 2 aromatic rings. The van der Waals surface area contributed by atoms with Gasteiger partial charge in [-0.1, -0.05) is 18.2 Å². The summed E-state index contributed by atoms with van der Waals surface area (Å²) in [7, 11) is 0. The van der Waals surface area contributed by atoms with Crippen LogP contribution >= 0.6 is 0 Å². The molecule has 0 bridgehead atoms. The lowest BCUT2D eigenvalue weighted by Gasteiger charge is -2.08. The molecule has 2 aromatic carbocycles. The Morgan fingerprint density at radius 1 is 1.15 bits per heavy atom. The maximum Gasteiger partial charge on any atom is 0.131 e. The SMILES string of the molecule is N#Cc1ccc(COc2ccc(CCN)cc2)c(F)c1. The average Bonchev–Trinajstić information content (AvgIpc) is 2.48. The molecule has 0 spiro atoms. The van der Waals surface area contributed by atoms with Crippen molar-refractivity contribution in [1.29, 1.82) is 5.26 Å². The third kappa shape index (κ3) is 3.56. The fourth-order valence-corrected chi connectivity index (χ4v) is 1.81. The topological polar surface area (TPSA) is 59.0 Å². The summed E-state index contributed by atoms with van der Waals surface area (Å²) in [5.41, 5.74) is 7.35. The van der Waals surface area contributed by atoms with E-state index in [9.17, 15) is 4.39 Å². The van der Waals surface area contributed by atoms with Gasteiger partial charge < -0.3 is 10.5 Å². The zero-order valence-electron chi connectivity index (χ0n) is 11.0. The van der Waals surface area contributed by atoms with Crippen LogP contribution in [0.2, 0.25) is 0 Å². The molecule has 3 nitrogen and oxygen atoms in total. The van der Waals surface area contributed by atoms with Gasteiger partial charge in [-0.25, -0.2) is 4.39 Å². The van der Waals surface area contributed by atoms with Gasteiger partial charge in [-0.05, 0) is 42.8 Å². The minimum Gasteiger partial charge on any atom is -0.489 e. The van der Waals surface area contributed by atoms with Gasteiger partial charge >= 0.3 is 0 Å². The van der Waals surface area contributed by atoms with Crippen LogP contribution in [0.4, 0.5) is 4.39 Å². The number of hydrogen-bond donors (Lipinski definition) is 1. The van der Waals surface area contributed by atoms with E-state index in [0.29, 0.717) is 23.4 Å². The van der Waals surface area contributed by atoms with Gasteiger partial charge in [-0.3, -0.25) is 0 Å². The van der Waals surface area contributed by atoms with Crippen LogP contribution in [-0.2, 0) is 13.0 Å². The number of nitrogens with two attached hydrogens (primary N) is 1. The van der Waals surface area contributed by atoms with E-state index in [1.165, 1.54) is 6.07 Å². The molecule has 0 aromatic heterocycles. The number of benzene rings is 2. The number of rotatable bonds is 5. The Bertz CT molecular complexity index is 617. The molecular formula is C16H15FN2O. The van der Waals surface area contributed by atoms with Crippen molar-refractivity contribution in [2.75, 3.05) is 6.54 Å². The first-order chi connectivity index (χ1) is 9.72. The standard InChI is InChI=1S/C16H15FN2O/c17-16-9-13(10-19)1-4-14(16)11-20-15-5-2-12(3-6-15)7-8-18/h1-6,9H,7-8,11,18H2. The zero-order valence-corrected chi connectivity index (χ0v) is 11.0. The first kappa shape index (κ1) is 14.0. The van der Waals surface area contributed by atoms with Gasteiger partial charge in [0.25, 0.3) is 0 Å². The second-order valence-electron chi connectivity index (χ2n) is 4.39. The highest BCUT2D eigenvalue weighted by Gasteiger charge is 2.04. The lowest BCUT2D eigenvalue weighted by Crippen LogP contribution is -2.02. The molecule has 0 aliphatic carbocycles. The average molecular weight is 270 g/mol. The van der Waals surface area contributed by atoms with Gasteiger partial charge in [-0.15, -0.1) is 0 Å². The molecule has 102 valence electrons. The van der Waals surface area contributed by atoms with Gasteiger partial charge in [0, 0.05) is 5.56 Å². The molecule has 0 aliphatic heterocycles. The molecule has 4 heteroatoms. The molecule has 0 heterocycles. The number of ether oxygens (including phenoxy) is 1. The molecule has 0 aliphatic rings. The number of nitrogens with zero attached hydrogens (tertiary/aromatic N) is 1. The van der Waals surface area contributed by atoms with Crippen LogP contribution in [0.15, 0.2) is 42.5 Å². The Balaban J connectivity index is 2.00. The van der Waals surface area contributed by atoms with Gasteiger partial charge in [0.05, 0.1) is 11.6 Å². The quantitative estimate of drug-likeness (QED) is 0.908. The predicted octanol–water partition coefficient (Wildman–Crippen LogP) is 2.78. The van der Waals surface area contributed by atoms with Crippen molar-refractivity contribution >= 4 is 0 Å². The molecular weight excluding hydrogens is 255 g/mol. The Kier molecular flexibility index (Phi) is 4.70. The maximum atomic E-state index is 13.7. The van der Waals surface area contributed by atoms with E-state index in [1.807, 2.05) is 30.3 Å². The Hall–Kier alpha value is -2.38. The monoisotopic (exact) mass is 270 g/mol. The van der Waals surface area contributed by atoms with Crippen molar-refractivity contribution in [2.45, 2.75) is 13.0 Å². The molecule has 0 saturated carbocycles. The van der Waals surface area contributed by atoms with Crippen molar-refractivity contribution in [1.82, 2.24) is 0 Å². The van der Waals surface area contributed by atoms with Gasteiger partial charge in [-0.2, -0.15) is 5.26 Å². The van der Waals surface area contributed by atoms with Crippen molar-refractivity contribution in [3.8, 4) is 11.8 Å². The first-order valence-corrected chi connectivity index (χ1v) is 6.33. The molecule has 2 N–H and O–H groups in total. The summed E-state index contributed by atoms with van der Waals surface area (Å²) >= 11 is 0. The van der Waals surface area contributed by atoms with Crippen LogP contribution in [0.3, 0.4) is 0 Å². The first-order valence-electron chi connectivity index (χ1n) is 6.33. The molecule has 0 fully saturated rings. The van der Waals surface area contributed by atoms with Crippen LogP contribution in [-0.4, -0.2) is 6.54 Å². The van der Waals surface area contributed by atoms with E-state index in [0.717, 1.165) is 12.0 Å². The lowest BCUT2D eigenvalue weighted by atomic mass is 10.1. The number of halogens is 1. The van der Waals surface area contributed by atoms with Crippen LogP contribution in [0.1, 0.15) is 16.7 Å². The Labute approximate surface area is 117 Å². The zero-order chi connectivity index (χ0) is 14.4. The molecule has 2 rings (SSSR count). The third-order valence-corrected chi connectivity index (χ3v) is 2.93. The van der Waals surface area contributed by atoms with Gasteiger partial charge in [0.1, 0.15) is 18.2 Å². The van der Waals surface area contributed by atoms with Crippen molar-refractivity contribution in [3.05, 3.63) is 65.0 Å². The van der Waals surface area contributed by atoms with Crippen molar-refractivity contribution in [2.24, 2.45) is 5.73 Å². The second kappa shape index (κ2) is 6.69. The van der Waals surface area contributed by atoms with E-state index in [2.05, 4.69) is 0 Å². The number of hydrogen-bond acceptors (Lipinski definition) is 3. The minimum absolute atomic E-state index is 0.133. The Morgan fingerprint density at radius 2 is 1.90 bits per heavy atom.